The fourth-order valence-electron chi connectivity index (χ4n) is 8.40. The number of nitrogens with zero attached hydrogens (tertiary/aromatic N) is 1. The summed E-state index contributed by atoms with van der Waals surface area (Å²) in [6.07, 6.45) is -6.40. The first-order chi connectivity index (χ1) is 27.3. The Morgan fingerprint density at radius 1 is 0.789 bits per heavy atom. The highest BCUT2D eigenvalue weighted by Gasteiger charge is 2.52. The van der Waals surface area contributed by atoms with Gasteiger partial charge in [-0.1, -0.05) is 93.1 Å². The third-order valence-electron chi connectivity index (χ3n) is 11.5. The summed E-state index contributed by atoms with van der Waals surface area (Å²) in [6, 6.07) is 28.5. The van der Waals surface area contributed by atoms with Gasteiger partial charge in [0.25, 0.3) is 0 Å². The van der Waals surface area contributed by atoms with Gasteiger partial charge in [0.15, 0.2) is 9.84 Å². The van der Waals surface area contributed by atoms with Gasteiger partial charge >= 0.3 is 6.03 Å². The van der Waals surface area contributed by atoms with Gasteiger partial charge < -0.3 is 45.4 Å². The second-order valence-corrected chi connectivity index (χ2v) is 17.5. The molecule has 0 saturated heterocycles. The Balaban J connectivity index is 1.28. The van der Waals surface area contributed by atoms with Crippen LogP contribution in [0.15, 0.2) is 108 Å². The van der Waals surface area contributed by atoms with Gasteiger partial charge in [-0.05, 0) is 65.4 Å². The molecule has 2 aliphatic rings. The van der Waals surface area contributed by atoms with Gasteiger partial charge in [-0.25, -0.2) is 13.2 Å². The average Bonchev–Trinajstić information content (AvgIpc) is 3.26. The first-order valence-electron chi connectivity index (χ1n) is 19.5. The summed E-state index contributed by atoms with van der Waals surface area (Å²) < 4.78 is 40.1. The lowest BCUT2D eigenvalue weighted by Crippen LogP contribution is -2.69. The quantitative estimate of drug-likeness (QED) is 0.108. The van der Waals surface area contributed by atoms with Crippen molar-refractivity contribution < 1.29 is 43.1 Å². The maximum Gasteiger partial charge on any atom is 0.319 e. The minimum Gasteiger partial charge on any atom is -0.392 e. The molecule has 1 fully saturated rings. The molecule has 1 heterocycles. The van der Waals surface area contributed by atoms with E-state index < -0.39 is 69.9 Å². The Labute approximate surface area is 335 Å². The van der Waals surface area contributed by atoms with E-state index >= 15 is 0 Å². The summed E-state index contributed by atoms with van der Waals surface area (Å²) in [4.78, 5) is 15.8. The standard InChI is InChI=1S/C44H55N3O9S/c1-5-22-44(6-2)27-57(53,54)34-21-20-32(47(3)4)24-33(34)35(42(44)51)30-18-13-19-31(23-30)45-43(52)46-36-37(48)40(55-25-28-14-9-7-10-15-28)39(50)41(38(36)49)56-26-29-16-11-8-12-17-29/h7-21,23-24,35-42,48-51H,5-6,22,25-27H2,1-4H3,(H2,45,46,52)/t35-,36-,37-,38+,39-,40+,41-,42-,44-/m1/s1. The molecule has 9 atom stereocenters. The molecule has 13 heteroatoms. The number of amides is 2. The van der Waals surface area contributed by atoms with E-state index in [4.69, 9.17) is 9.47 Å². The maximum absolute atomic E-state index is 14.0. The van der Waals surface area contributed by atoms with Crippen LogP contribution in [0.5, 0.6) is 0 Å². The number of hydrogen-bond donors (Lipinski definition) is 6. The van der Waals surface area contributed by atoms with Crippen LogP contribution in [0.4, 0.5) is 16.2 Å². The maximum atomic E-state index is 14.0. The number of anilines is 2. The Kier molecular flexibility index (Phi) is 13.4. The number of hydrogen-bond acceptors (Lipinski definition) is 10. The van der Waals surface area contributed by atoms with Crippen LogP contribution in [-0.4, -0.2) is 97.4 Å². The van der Waals surface area contributed by atoms with Crippen molar-refractivity contribution in [1.29, 1.82) is 0 Å². The Bertz CT molecular complexity index is 2010. The second kappa shape index (κ2) is 18.1. The highest BCUT2D eigenvalue weighted by Crippen LogP contribution is 2.49. The fourth-order valence-corrected chi connectivity index (χ4v) is 10.7. The molecule has 1 aliphatic heterocycles. The number of benzene rings is 4. The van der Waals surface area contributed by atoms with E-state index in [1.54, 1.807) is 30.3 Å². The lowest BCUT2D eigenvalue weighted by atomic mass is 9.69. The Morgan fingerprint density at radius 3 is 1.93 bits per heavy atom. The SMILES string of the molecule is CCC[C@]1(CC)CS(=O)(=O)c2ccc(N(C)C)cc2[C@@H](c2cccc(NC(=O)N[C@@H]3[C@@H](O)[C@H](OCc4ccccc4)[C@@H](O)[C@H](OCc4ccccc4)[C@H]3O)c2)[C@H]1O. The zero-order chi connectivity index (χ0) is 40.9. The first-order valence-corrected chi connectivity index (χ1v) is 21.2. The van der Waals surface area contributed by atoms with E-state index in [1.165, 1.54) is 0 Å². The fraction of sp³-hybridized carbons (Fsp3) is 0.432. The minimum atomic E-state index is -3.79. The van der Waals surface area contributed by atoms with Crippen LogP contribution in [0, 0.1) is 5.41 Å². The third kappa shape index (κ3) is 9.20. The molecule has 1 aliphatic carbocycles. The molecule has 0 unspecified atom stereocenters. The Morgan fingerprint density at radius 2 is 1.39 bits per heavy atom. The van der Waals surface area contributed by atoms with Gasteiger partial charge in [0.2, 0.25) is 0 Å². The predicted octanol–water partition coefficient (Wildman–Crippen LogP) is 4.99. The molecule has 2 amide bonds. The molecular weight excluding hydrogens is 747 g/mol. The lowest BCUT2D eigenvalue weighted by molar-refractivity contribution is -0.222. The van der Waals surface area contributed by atoms with Crippen LogP contribution in [-0.2, 0) is 32.5 Å². The van der Waals surface area contributed by atoms with Crippen molar-refractivity contribution in [3.05, 3.63) is 125 Å². The van der Waals surface area contributed by atoms with Crippen LogP contribution >= 0.6 is 0 Å². The summed E-state index contributed by atoms with van der Waals surface area (Å²) in [5.41, 5.74) is 2.88. The molecule has 0 bridgehead atoms. The van der Waals surface area contributed by atoms with E-state index in [9.17, 15) is 33.6 Å². The molecule has 12 nitrogen and oxygen atoms in total. The smallest absolute Gasteiger partial charge is 0.319 e. The summed E-state index contributed by atoms with van der Waals surface area (Å²) in [5.74, 6) is -0.939. The molecule has 0 spiro atoms. The third-order valence-corrected chi connectivity index (χ3v) is 13.5. The van der Waals surface area contributed by atoms with Crippen LogP contribution in [0.1, 0.15) is 61.3 Å². The summed E-state index contributed by atoms with van der Waals surface area (Å²) in [5, 5.41) is 52.3. The van der Waals surface area contributed by atoms with Crippen LogP contribution in [0.3, 0.4) is 0 Å². The monoisotopic (exact) mass is 801 g/mol. The normalized spacial score (nSPS) is 28.1. The number of sulfone groups is 1. The molecule has 1 saturated carbocycles. The molecule has 0 radical (unpaired) electrons. The van der Waals surface area contributed by atoms with Crippen molar-refractivity contribution in [3.8, 4) is 0 Å². The number of aliphatic hydroxyl groups excluding tert-OH is 4. The number of carbonyl (C=O) groups excluding carboxylic acids is 1. The summed E-state index contributed by atoms with van der Waals surface area (Å²) in [6.45, 7) is 4.00. The summed E-state index contributed by atoms with van der Waals surface area (Å²) in [7, 11) is -0.0576. The number of urea groups is 1. The van der Waals surface area contributed by atoms with Crippen molar-refractivity contribution in [2.24, 2.45) is 5.41 Å². The van der Waals surface area contributed by atoms with Gasteiger partial charge in [-0.15, -0.1) is 0 Å². The number of nitrogens with one attached hydrogen (secondary N) is 2. The van der Waals surface area contributed by atoms with E-state index in [0.29, 0.717) is 36.1 Å². The lowest BCUT2D eigenvalue weighted by Gasteiger charge is -2.45. The largest absolute Gasteiger partial charge is 0.392 e. The van der Waals surface area contributed by atoms with Crippen molar-refractivity contribution in [3.63, 3.8) is 0 Å². The van der Waals surface area contributed by atoms with Crippen LogP contribution in [0.2, 0.25) is 0 Å². The molecule has 6 rings (SSSR count). The van der Waals surface area contributed by atoms with E-state index in [1.807, 2.05) is 106 Å². The second-order valence-electron chi connectivity index (χ2n) is 15.5. The molecule has 57 heavy (non-hydrogen) atoms. The highest BCUT2D eigenvalue weighted by atomic mass is 32.2. The van der Waals surface area contributed by atoms with Crippen LogP contribution in [0.25, 0.3) is 0 Å². The number of aliphatic hydroxyl groups is 4. The number of fused-ring (bicyclic) bond motifs is 1. The zero-order valence-corrected chi connectivity index (χ0v) is 33.7. The van der Waals surface area contributed by atoms with Crippen molar-refractivity contribution >= 4 is 27.2 Å². The predicted molar refractivity (Wildman–Crippen MR) is 219 cm³/mol. The topological polar surface area (TPSA) is 178 Å². The van der Waals surface area contributed by atoms with Gasteiger partial charge in [0.05, 0.1) is 36.0 Å². The van der Waals surface area contributed by atoms with E-state index in [0.717, 1.165) is 16.8 Å². The molecule has 6 N–H and O–H groups in total. The molecule has 0 aromatic heterocycles. The Hall–Kier alpha value is -4.34. The van der Waals surface area contributed by atoms with Crippen molar-refractivity contribution in [2.75, 3.05) is 30.1 Å². The molecule has 306 valence electrons. The van der Waals surface area contributed by atoms with E-state index in [-0.39, 0.29) is 23.9 Å². The highest BCUT2D eigenvalue weighted by molar-refractivity contribution is 7.91. The van der Waals surface area contributed by atoms with Crippen molar-refractivity contribution in [2.45, 2.75) is 99.8 Å². The average molecular weight is 802 g/mol. The van der Waals surface area contributed by atoms with Gasteiger partial charge in [-0.3, -0.25) is 0 Å². The zero-order valence-electron chi connectivity index (χ0n) is 32.9. The molecule has 4 aromatic carbocycles. The van der Waals surface area contributed by atoms with Crippen molar-refractivity contribution in [1.82, 2.24) is 5.32 Å². The number of carbonyl (C=O) groups is 1. The van der Waals surface area contributed by atoms with Gasteiger partial charge in [0, 0.05) is 36.8 Å². The first kappa shape index (κ1) is 42.3. The van der Waals surface area contributed by atoms with Gasteiger partial charge in [-0.2, -0.15) is 0 Å². The van der Waals surface area contributed by atoms with Gasteiger partial charge in [0.1, 0.15) is 30.5 Å². The van der Waals surface area contributed by atoms with Crippen LogP contribution < -0.4 is 15.5 Å². The minimum absolute atomic E-state index is 0.0535. The molecular formula is C44H55N3O9S. The number of rotatable bonds is 13. The summed E-state index contributed by atoms with van der Waals surface area (Å²) >= 11 is 0. The van der Waals surface area contributed by atoms with E-state index in [2.05, 4.69) is 10.6 Å². The molecule has 4 aromatic rings. The number of ether oxygens (including phenoxy) is 2.